The molecule has 1 N–H and O–H groups in total. The first-order valence-electron chi connectivity index (χ1n) is 7.03. The molecular formula is C17H11N5O. The van der Waals surface area contributed by atoms with Crippen LogP contribution >= 0.6 is 0 Å². The molecule has 0 radical (unpaired) electrons. The SMILES string of the molecule is O=c1cc[nH]c2nc(-c3ccncc3)c(-c3ccncc3)nc12. The van der Waals surface area contributed by atoms with E-state index >= 15 is 0 Å². The standard InChI is InChI=1S/C17H11N5O/c23-13-5-10-20-17-16(13)21-14(11-1-6-18-7-2-11)15(22-17)12-3-8-19-9-4-12/h1-10H,(H,20,22,23). The van der Waals surface area contributed by atoms with Gasteiger partial charge in [-0.1, -0.05) is 0 Å². The van der Waals surface area contributed by atoms with E-state index in [1.54, 1.807) is 31.0 Å². The van der Waals surface area contributed by atoms with Crippen molar-refractivity contribution in [2.24, 2.45) is 0 Å². The summed E-state index contributed by atoms with van der Waals surface area (Å²) in [5.74, 6) is 0. The van der Waals surface area contributed by atoms with Crippen molar-refractivity contribution in [3.63, 3.8) is 0 Å². The molecule has 6 nitrogen and oxygen atoms in total. The quantitative estimate of drug-likeness (QED) is 0.614. The Labute approximate surface area is 130 Å². The lowest BCUT2D eigenvalue weighted by Crippen LogP contribution is -2.06. The average molecular weight is 301 g/mol. The van der Waals surface area contributed by atoms with Gasteiger partial charge in [-0.3, -0.25) is 14.8 Å². The fraction of sp³-hybridized carbons (Fsp3) is 0. The van der Waals surface area contributed by atoms with Gasteiger partial charge in [0.05, 0.1) is 11.4 Å². The van der Waals surface area contributed by atoms with Crippen LogP contribution in [0.3, 0.4) is 0 Å². The molecule has 0 amide bonds. The van der Waals surface area contributed by atoms with E-state index in [0.29, 0.717) is 22.6 Å². The average Bonchev–Trinajstić information content (AvgIpc) is 2.63. The first-order chi connectivity index (χ1) is 11.3. The number of nitrogens with one attached hydrogen (secondary N) is 1. The molecule has 4 heterocycles. The highest BCUT2D eigenvalue weighted by Crippen LogP contribution is 2.29. The van der Waals surface area contributed by atoms with Gasteiger partial charge in [0.1, 0.15) is 0 Å². The lowest BCUT2D eigenvalue weighted by Gasteiger charge is -2.09. The summed E-state index contributed by atoms with van der Waals surface area (Å²) >= 11 is 0. The van der Waals surface area contributed by atoms with Gasteiger partial charge < -0.3 is 4.98 Å². The number of fused-ring (bicyclic) bond motifs is 1. The normalized spacial score (nSPS) is 10.8. The Morgan fingerprint density at radius 2 is 1.30 bits per heavy atom. The van der Waals surface area contributed by atoms with Crippen LogP contribution in [0.4, 0.5) is 0 Å². The zero-order chi connectivity index (χ0) is 15.6. The van der Waals surface area contributed by atoms with E-state index in [1.165, 1.54) is 6.07 Å². The second-order valence-corrected chi connectivity index (χ2v) is 4.93. The zero-order valence-electron chi connectivity index (χ0n) is 12.0. The van der Waals surface area contributed by atoms with E-state index < -0.39 is 0 Å². The molecule has 0 unspecified atom stereocenters. The molecule has 0 aliphatic carbocycles. The van der Waals surface area contributed by atoms with Gasteiger partial charge >= 0.3 is 0 Å². The summed E-state index contributed by atoms with van der Waals surface area (Å²) in [5, 5.41) is 0. The number of hydrogen-bond acceptors (Lipinski definition) is 5. The fourth-order valence-electron chi connectivity index (χ4n) is 2.41. The molecule has 4 rings (SSSR count). The minimum Gasteiger partial charge on any atom is -0.345 e. The van der Waals surface area contributed by atoms with Gasteiger partial charge in [-0.15, -0.1) is 0 Å². The largest absolute Gasteiger partial charge is 0.345 e. The third-order valence-electron chi connectivity index (χ3n) is 3.49. The molecule has 4 aromatic heterocycles. The van der Waals surface area contributed by atoms with Gasteiger partial charge in [0.25, 0.3) is 0 Å². The molecule has 0 saturated carbocycles. The Morgan fingerprint density at radius 1 is 0.739 bits per heavy atom. The molecule has 23 heavy (non-hydrogen) atoms. The molecule has 0 aliphatic heterocycles. The molecule has 0 aliphatic rings. The van der Waals surface area contributed by atoms with Crippen LogP contribution < -0.4 is 5.43 Å². The van der Waals surface area contributed by atoms with E-state index in [2.05, 4.69) is 24.9 Å². The Hall–Kier alpha value is -3.41. The minimum absolute atomic E-state index is 0.164. The molecule has 110 valence electrons. The topological polar surface area (TPSA) is 84.4 Å². The molecule has 0 atom stereocenters. The van der Waals surface area contributed by atoms with Crippen LogP contribution in [0.1, 0.15) is 0 Å². The molecule has 0 aromatic carbocycles. The van der Waals surface area contributed by atoms with E-state index in [4.69, 9.17) is 0 Å². The van der Waals surface area contributed by atoms with Crippen LogP contribution in [-0.4, -0.2) is 24.9 Å². The van der Waals surface area contributed by atoms with Crippen molar-refractivity contribution >= 4 is 11.2 Å². The van der Waals surface area contributed by atoms with Crippen molar-refractivity contribution in [3.8, 4) is 22.5 Å². The van der Waals surface area contributed by atoms with Gasteiger partial charge in [0.2, 0.25) is 5.43 Å². The Bertz CT molecular complexity index is 1030. The van der Waals surface area contributed by atoms with Gasteiger partial charge in [-0.2, -0.15) is 0 Å². The van der Waals surface area contributed by atoms with Crippen LogP contribution in [0.25, 0.3) is 33.7 Å². The summed E-state index contributed by atoms with van der Waals surface area (Å²) in [7, 11) is 0. The third-order valence-corrected chi connectivity index (χ3v) is 3.49. The van der Waals surface area contributed by atoms with Crippen molar-refractivity contribution in [3.05, 3.63) is 71.5 Å². The predicted molar refractivity (Wildman–Crippen MR) is 86.6 cm³/mol. The highest BCUT2D eigenvalue weighted by atomic mass is 16.1. The molecule has 0 saturated heterocycles. The maximum absolute atomic E-state index is 12.1. The maximum atomic E-state index is 12.1. The summed E-state index contributed by atoms with van der Waals surface area (Å²) in [6, 6.07) is 8.86. The van der Waals surface area contributed by atoms with Crippen molar-refractivity contribution in [2.45, 2.75) is 0 Å². The Morgan fingerprint density at radius 3 is 1.91 bits per heavy atom. The first-order valence-corrected chi connectivity index (χ1v) is 7.03. The monoisotopic (exact) mass is 301 g/mol. The molecular weight excluding hydrogens is 290 g/mol. The number of rotatable bonds is 2. The van der Waals surface area contributed by atoms with Gasteiger partial charge in [-0.05, 0) is 24.3 Å². The molecule has 4 aromatic rings. The van der Waals surface area contributed by atoms with Gasteiger partial charge in [0, 0.05) is 48.2 Å². The number of aromatic nitrogens is 5. The van der Waals surface area contributed by atoms with E-state index in [1.807, 2.05) is 24.3 Å². The van der Waals surface area contributed by atoms with Crippen molar-refractivity contribution in [1.82, 2.24) is 24.9 Å². The Balaban J connectivity index is 2.09. The number of nitrogens with zero attached hydrogens (tertiary/aromatic N) is 4. The molecule has 6 heteroatoms. The van der Waals surface area contributed by atoms with Crippen LogP contribution in [0, 0.1) is 0 Å². The minimum atomic E-state index is -0.164. The van der Waals surface area contributed by atoms with Crippen LogP contribution in [0.2, 0.25) is 0 Å². The van der Waals surface area contributed by atoms with E-state index in [0.717, 1.165) is 11.1 Å². The molecule has 0 spiro atoms. The highest BCUT2D eigenvalue weighted by molar-refractivity contribution is 5.84. The van der Waals surface area contributed by atoms with E-state index in [9.17, 15) is 4.79 Å². The second kappa shape index (κ2) is 5.42. The van der Waals surface area contributed by atoms with Gasteiger partial charge in [0.15, 0.2) is 11.2 Å². The highest BCUT2D eigenvalue weighted by Gasteiger charge is 2.14. The summed E-state index contributed by atoms with van der Waals surface area (Å²) in [6.07, 6.45) is 8.35. The van der Waals surface area contributed by atoms with Crippen LogP contribution in [0.5, 0.6) is 0 Å². The second-order valence-electron chi connectivity index (χ2n) is 4.93. The molecule has 0 bridgehead atoms. The van der Waals surface area contributed by atoms with Crippen molar-refractivity contribution < 1.29 is 0 Å². The third kappa shape index (κ3) is 2.36. The van der Waals surface area contributed by atoms with Gasteiger partial charge in [-0.25, -0.2) is 9.97 Å². The smallest absolute Gasteiger partial charge is 0.209 e. The van der Waals surface area contributed by atoms with E-state index in [-0.39, 0.29) is 5.43 Å². The predicted octanol–water partition coefficient (Wildman–Crippen LogP) is 2.44. The van der Waals surface area contributed by atoms with Crippen LogP contribution in [-0.2, 0) is 0 Å². The number of H-pyrrole nitrogens is 1. The summed E-state index contributed by atoms with van der Waals surface area (Å²) in [4.78, 5) is 32.3. The van der Waals surface area contributed by atoms with Crippen LogP contribution in [0.15, 0.2) is 66.1 Å². The number of pyridine rings is 3. The zero-order valence-corrected chi connectivity index (χ0v) is 12.0. The lowest BCUT2D eigenvalue weighted by molar-refractivity contribution is 1.21. The lowest BCUT2D eigenvalue weighted by atomic mass is 10.1. The number of aromatic amines is 1. The molecule has 0 fully saturated rings. The maximum Gasteiger partial charge on any atom is 0.209 e. The van der Waals surface area contributed by atoms with Crippen molar-refractivity contribution in [1.29, 1.82) is 0 Å². The van der Waals surface area contributed by atoms with Crippen molar-refractivity contribution in [2.75, 3.05) is 0 Å². The number of hydrogen-bond donors (Lipinski definition) is 1. The first kappa shape index (κ1) is 13.3. The summed E-state index contributed by atoms with van der Waals surface area (Å²) < 4.78 is 0. The summed E-state index contributed by atoms with van der Waals surface area (Å²) in [6.45, 7) is 0. The summed E-state index contributed by atoms with van der Waals surface area (Å²) in [5.41, 5.74) is 3.67. The Kier molecular flexibility index (Phi) is 3.12. The fourth-order valence-corrected chi connectivity index (χ4v) is 2.41.